The fourth-order valence-electron chi connectivity index (χ4n) is 1.38. The Hall–Kier alpha value is -1.06. The van der Waals surface area contributed by atoms with Crippen molar-refractivity contribution in [2.75, 3.05) is 5.73 Å². The van der Waals surface area contributed by atoms with E-state index in [1.165, 1.54) is 4.88 Å². The molecule has 0 unspecified atom stereocenters. The van der Waals surface area contributed by atoms with Crippen molar-refractivity contribution in [1.82, 2.24) is 4.98 Å². The van der Waals surface area contributed by atoms with Crippen LogP contribution in [-0.2, 0) is 6.42 Å². The molecule has 0 spiro atoms. The van der Waals surface area contributed by atoms with Crippen molar-refractivity contribution in [3.05, 3.63) is 44.9 Å². The fraction of sp³-hybridized carbons (Fsp3) is 0.182. The molecule has 4 heteroatoms. The molecular weight excluding hydrogens is 228 g/mol. The van der Waals surface area contributed by atoms with E-state index in [1.807, 2.05) is 25.3 Å². The number of anilines is 1. The smallest absolute Gasteiger partial charge is 0.0896 e. The van der Waals surface area contributed by atoms with Gasteiger partial charge in [0.1, 0.15) is 0 Å². The van der Waals surface area contributed by atoms with Gasteiger partial charge in [0.05, 0.1) is 5.01 Å². The summed E-state index contributed by atoms with van der Waals surface area (Å²) in [5, 5.41) is 1.80. The monoisotopic (exact) mass is 238 g/mol. The lowest BCUT2D eigenvalue weighted by molar-refractivity contribution is 1.20. The van der Waals surface area contributed by atoms with Gasteiger partial charge in [0.15, 0.2) is 0 Å². The van der Waals surface area contributed by atoms with Crippen LogP contribution >= 0.6 is 22.9 Å². The maximum atomic E-state index is 6.09. The van der Waals surface area contributed by atoms with Gasteiger partial charge in [-0.25, -0.2) is 4.98 Å². The quantitative estimate of drug-likeness (QED) is 0.816. The molecule has 0 fully saturated rings. The highest BCUT2D eigenvalue weighted by Crippen LogP contribution is 2.24. The fourth-order valence-corrected chi connectivity index (χ4v) is 2.46. The molecule has 2 rings (SSSR count). The Bertz CT molecular complexity index is 479. The molecule has 1 aromatic carbocycles. The van der Waals surface area contributed by atoms with Gasteiger partial charge in [0.25, 0.3) is 0 Å². The van der Waals surface area contributed by atoms with Crippen molar-refractivity contribution in [1.29, 1.82) is 0 Å². The lowest BCUT2D eigenvalue weighted by Gasteiger charge is -2.02. The van der Waals surface area contributed by atoms with Crippen molar-refractivity contribution in [3.8, 4) is 0 Å². The molecule has 2 aromatic rings. The van der Waals surface area contributed by atoms with E-state index in [1.54, 1.807) is 17.4 Å². The number of aromatic nitrogens is 1. The predicted octanol–water partition coefficient (Wildman–Crippen LogP) is 3.28. The van der Waals surface area contributed by atoms with Crippen LogP contribution in [0.3, 0.4) is 0 Å². The van der Waals surface area contributed by atoms with Crippen molar-refractivity contribution in [3.63, 3.8) is 0 Å². The van der Waals surface area contributed by atoms with E-state index in [0.717, 1.165) is 22.0 Å². The molecule has 15 heavy (non-hydrogen) atoms. The van der Waals surface area contributed by atoms with E-state index in [4.69, 9.17) is 17.3 Å². The number of halogens is 1. The number of nitrogen functional groups attached to an aromatic ring is 1. The summed E-state index contributed by atoms with van der Waals surface area (Å²) >= 11 is 7.78. The van der Waals surface area contributed by atoms with Gasteiger partial charge >= 0.3 is 0 Å². The zero-order valence-electron chi connectivity index (χ0n) is 8.33. The first-order valence-corrected chi connectivity index (χ1v) is 5.80. The molecule has 1 aromatic heterocycles. The average Bonchev–Trinajstić information content (AvgIpc) is 2.56. The number of nitrogens with zero attached hydrogens (tertiary/aromatic N) is 1. The van der Waals surface area contributed by atoms with E-state index < -0.39 is 0 Å². The number of hydrogen-bond acceptors (Lipinski definition) is 3. The van der Waals surface area contributed by atoms with E-state index in [9.17, 15) is 0 Å². The van der Waals surface area contributed by atoms with Crippen molar-refractivity contribution >= 4 is 28.6 Å². The SMILES string of the molecule is Cc1ncc(Cc2ccc(N)cc2Cl)s1. The Morgan fingerprint density at radius 3 is 2.87 bits per heavy atom. The molecule has 0 amide bonds. The highest BCUT2D eigenvalue weighted by atomic mass is 35.5. The third-order valence-corrected chi connectivity index (χ3v) is 3.38. The summed E-state index contributed by atoms with van der Waals surface area (Å²) in [5.41, 5.74) is 7.42. The molecule has 78 valence electrons. The second-order valence-corrected chi connectivity index (χ2v) is 5.10. The largest absolute Gasteiger partial charge is 0.399 e. The van der Waals surface area contributed by atoms with Gasteiger partial charge in [0, 0.05) is 28.2 Å². The summed E-state index contributed by atoms with van der Waals surface area (Å²) in [6.45, 7) is 2.00. The molecule has 1 heterocycles. The Morgan fingerprint density at radius 2 is 2.27 bits per heavy atom. The summed E-state index contributed by atoms with van der Waals surface area (Å²) in [6.07, 6.45) is 2.72. The third kappa shape index (κ3) is 2.49. The molecule has 0 saturated carbocycles. The predicted molar refractivity (Wildman–Crippen MR) is 65.5 cm³/mol. The first-order chi connectivity index (χ1) is 7.15. The number of nitrogens with two attached hydrogens (primary N) is 1. The number of benzene rings is 1. The molecule has 0 radical (unpaired) electrons. The minimum Gasteiger partial charge on any atom is -0.399 e. The summed E-state index contributed by atoms with van der Waals surface area (Å²) in [6, 6.07) is 5.62. The highest BCUT2D eigenvalue weighted by molar-refractivity contribution is 7.11. The van der Waals surface area contributed by atoms with Gasteiger partial charge in [-0.2, -0.15) is 0 Å². The van der Waals surface area contributed by atoms with E-state index in [0.29, 0.717) is 5.69 Å². The maximum absolute atomic E-state index is 6.09. The lowest BCUT2D eigenvalue weighted by Crippen LogP contribution is -1.89. The Balaban J connectivity index is 2.24. The Kier molecular flexibility index (Phi) is 2.93. The van der Waals surface area contributed by atoms with Gasteiger partial charge < -0.3 is 5.73 Å². The molecule has 0 aliphatic heterocycles. The first kappa shape index (κ1) is 10.5. The molecule has 0 aliphatic carbocycles. The second kappa shape index (κ2) is 4.21. The zero-order chi connectivity index (χ0) is 10.8. The van der Waals surface area contributed by atoms with Crippen molar-refractivity contribution < 1.29 is 0 Å². The third-order valence-electron chi connectivity index (χ3n) is 2.11. The minimum atomic E-state index is 0.698. The van der Waals surface area contributed by atoms with E-state index in [-0.39, 0.29) is 0 Å². The van der Waals surface area contributed by atoms with Crippen molar-refractivity contribution in [2.24, 2.45) is 0 Å². The summed E-state index contributed by atoms with van der Waals surface area (Å²) in [5.74, 6) is 0. The molecule has 0 aliphatic rings. The van der Waals surface area contributed by atoms with Crippen LogP contribution in [-0.4, -0.2) is 4.98 Å². The van der Waals surface area contributed by atoms with Crippen LogP contribution in [0.15, 0.2) is 24.4 Å². The number of aryl methyl sites for hydroxylation is 1. The first-order valence-electron chi connectivity index (χ1n) is 4.60. The van der Waals surface area contributed by atoms with Crippen LogP contribution in [0.2, 0.25) is 5.02 Å². The lowest BCUT2D eigenvalue weighted by atomic mass is 10.1. The topological polar surface area (TPSA) is 38.9 Å². The molecule has 2 nitrogen and oxygen atoms in total. The second-order valence-electron chi connectivity index (χ2n) is 3.37. The molecule has 0 saturated heterocycles. The summed E-state index contributed by atoms with van der Waals surface area (Å²) in [4.78, 5) is 5.43. The molecular formula is C11H11ClN2S. The molecule has 2 N–H and O–H groups in total. The van der Waals surface area contributed by atoms with Gasteiger partial charge in [-0.15, -0.1) is 11.3 Å². The normalized spacial score (nSPS) is 10.5. The summed E-state index contributed by atoms with van der Waals surface area (Å²) < 4.78 is 0. The maximum Gasteiger partial charge on any atom is 0.0896 e. The van der Waals surface area contributed by atoms with Crippen LogP contribution in [0.5, 0.6) is 0 Å². The number of rotatable bonds is 2. The van der Waals surface area contributed by atoms with Gasteiger partial charge in [-0.05, 0) is 24.6 Å². The van der Waals surface area contributed by atoms with Gasteiger partial charge in [-0.1, -0.05) is 17.7 Å². The van der Waals surface area contributed by atoms with Crippen LogP contribution in [0, 0.1) is 6.92 Å². The number of hydrogen-bond donors (Lipinski definition) is 1. The Morgan fingerprint density at radius 1 is 1.47 bits per heavy atom. The summed E-state index contributed by atoms with van der Waals surface area (Å²) in [7, 11) is 0. The number of thiazole rings is 1. The van der Waals surface area contributed by atoms with Gasteiger partial charge in [0.2, 0.25) is 0 Å². The molecule has 0 atom stereocenters. The molecule has 0 bridgehead atoms. The Labute approximate surface area is 97.7 Å². The zero-order valence-corrected chi connectivity index (χ0v) is 9.90. The van der Waals surface area contributed by atoms with Crippen LogP contribution in [0.1, 0.15) is 15.4 Å². The van der Waals surface area contributed by atoms with Crippen molar-refractivity contribution in [2.45, 2.75) is 13.3 Å². The standard InChI is InChI=1S/C11H11ClN2S/c1-7-14-6-10(15-7)4-8-2-3-9(13)5-11(8)12/h2-3,5-6H,4,13H2,1H3. The van der Waals surface area contributed by atoms with Gasteiger partial charge in [-0.3, -0.25) is 0 Å². The van der Waals surface area contributed by atoms with E-state index >= 15 is 0 Å². The van der Waals surface area contributed by atoms with Crippen LogP contribution in [0.4, 0.5) is 5.69 Å². The van der Waals surface area contributed by atoms with Crippen LogP contribution < -0.4 is 5.73 Å². The van der Waals surface area contributed by atoms with Crippen LogP contribution in [0.25, 0.3) is 0 Å². The highest BCUT2D eigenvalue weighted by Gasteiger charge is 2.04. The minimum absolute atomic E-state index is 0.698. The van der Waals surface area contributed by atoms with E-state index in [2.05, 4.69) is 4.98 Å². The average molecular weight is 239 g/mol.